The normalized spacial score (nSPS) is 13.3. The van der Waals surface area contributed by atoms with Crippen molar-refractivity contribution in [3.8, 4) is 44.5 Å². The number of thiophene rings is 1. The van der Waals surface area contributed by atoms with Gasteiger partial charge in [-0.2, -0.15) is 0 Å². The maximum Gasteiger partial charge on any atom is 0.0434 e. The van der Waals surface area contributed by atoms with Crippen molar-refractivity contribution in [3.63, 3.8) is 0 Å². The Morgan fingerprint density at radius 2 is 0.839 bits per heavy atom. The minimum Gasteiger partial charge on any atom is -0.135 e. The molecule has 0 amide bonds. The van der Waals surface area contributed by atoms with Crippen LogP contribution in [0.5, 0.6) is 0 Å². The van der Waals surface area contributed by atoms with Crippen molar-refractivity contribution >= 4 is 74.6 Å². The Bertz CT molecular complexity index is 3380. The predicted molar refractivity (Wildman–Crippen MR) is 243 cm³/mol. The van der Waals surface area contributed by atoms with Gasteiger partial charge in [0, 0.05) is 31.0 Å². The first-order chi connectivity index (χ1) is 27.5. The highest BCUT2D eigenvalue weighted by Gasteiger charge is 2.37. The summed E-state index contributed by atoms with van der Waals surface area (Å²) in [5.74, 6) is 0. The summed E-state index contributed by atoms with van der Waals surface area (Å²) in [5, 5.41) is 13.1. The van der Waals surface area contributed by atoms with E-state index in [0.29, 0.717) is 0 Å². The van der Waals surface area contributed by atoms with Crippen molar-refractivity contribution < 1.29 is 0 Å². The van der Waals surface area contributed by atoms with Gasteiger partial charge in [0.1, 0.15) is 0 Å². The van der Waals surface area contributed by atoms with Gasteiger partial charge in [0.25, 0.3) is 0 Å². The summed E-state index contributed by atoms with van der Waals surface area (Å²) in [6.07, 6.45) is 0. The Hall–Kier alpha value is -6.54. The van der Waals surface area contributed by atoms with Gasteiger partial charge in [0.15, 0.2) is 0 Å². The molecule has 1 aliphatic rings. The van der Waals surface area contributed by atoms with Gasteiger partial charge in [-0.15, -0.1) is 11.3 Å². The molecular weight excluding hydrogens is 693 g/mol. The van der Waals surface area contributed by atoms with E-state index in [1.165, 1.54) is 119 Å². The Kier molecular flexibility index (Phi) is 6.66. The molecule has 1 aromatic heterocycles. The van der Waals surface area contributed by atoms with Crippen LogP contribution >= 0.6 is 11.3 Å². The molecule has 0 saturated heterocycles. The Labute approximate surface area is 329 Å². The topological polar surface area (TPSA) is 0 Å². The highest BCUT2D eigenvalue weighted by atomic mass is 32.1. The molecule has 0 bridgehead atoms. The maximum atomic E-state index is 2.46. The average molecular weight is 729 g/mol. The molecule has 56 heavy (non-hydrogen) atoms. The lowest BCUT2D eigenvalue weighted by atomic mass is 9.81. The van der Waals surface area contributed by atoms with Crippen LogP contribution in [0.4, 0.5) is 0 Å². The van der Waals surface area contributed by atoms with Crippen LogP contribution in [0.2, 0.25) is 0 Å². The summed E-state index contributed by atoms with van der Waals surface area (Å²) in [6.45, 7) is 4.79. The van der Waals surface area contributed by atoms with Crippen LogP contribution in [-0.2, 0) is 5.41 Å². The summed E-state index contributed by atoms with van der Waals surface area (Å²) in [5.41, 5.74) is 13.1. The lowest BCUT2D eigenvalue weighted by Gasteiger charge is -2.22. The summed E-state index contributed by atoms with van der Waals surface area (Å²) in [6, 6.07) is 68.2. The van der Waals surface area contributed by atoms with Gasteiger partial charge < -0.3 is 0 Å². The fourth-order valence-corrected chi connectivity index (χ4v) is 11.2. The predicted octanol–water partition coefficient (Wildman–Crippen LogP) is 16.0. The second-order valence-electron chi connectivity index (χ2n) is 16.0. The number of rotatable bonds is 3. The second-order valence-corrected chi connectivity index (χ2v) is 17.0. The lowest BCUT2D eigenvalue weighted by molar-refractivity contribution is 0.661. The monoisotopic (exact) mass is 728 g/mol. The van der Waals surface area contributed by atoms with E-state index in [0.717, 1.165) is 0 Å². The van der Waals surface area contributed by atoms with E-state index >= 15 is 0 Å². The van der Waals surface area contributed by atoms with Crippen LogP contribution in [0, 0.1) is 0 Å². The zero-order valence-electron chi connectivity index (χ0n) is 31.2. The van der Waals surface area contributed by atoms with Crippen LogP contribution in [0.1, 0.15) is 25.0 Å². The maximum absolute atomic E-state index is 2.46. The third kappa shape index (κ3) is 4.47. The molecule has 0 saturated carbocycles. The molecule has 1 aliphatic carbocycles. The van der Waals surface area contributed by atoms with Gasteiger partial charge in [-0.25, -0.2) is 0 Å². The van der Waals surface area contributed by atoms with Crippen molar-refractivity contribution in [2.24, 2.45) is 0 Å². The molecule has 12 rings (SSSR count). The molecule has 0 N–H and O–H groups in total. The first kappa shape index (κ1) is 31.8. The van der Waals surface area contributed by atoms with Gasteiger partial charge in [-0.3, -0.25) is 0 Å². The highest BCUT2D eigenvalue weighted by Crippen LogP contribution is 2.54. The number of hydrogen-bond donors (Lipinski definition) is 0. The standard InChI is InChI=1S/C55H36S/c1-55(2)48-29-28-46-44(26-27-45-39-14-10-11-19-50(39)56-54(45)46)53(48)47-25-24-37(32-49(47)55)35-20-21-36-31-38(23-22-34(36)30-35)52-42-17-8-6-15-40(42)51(33-12-4-3-5-13-33)41-16-7-9-18-43(41)52/h3-32H,1-2H3. The van der Waals surface area contributed by atoms with Crippen molar-refractivity contribution in [1.82, 2.24) is 0 Å². The van der Waals surface area contributed by atoms with Gasteiger partial charge >= 0.3 is 0 Å². The summed E-state index contributed by atoms with van der Waals surface area (Å²) >= 11 is 1.92. The van der Waals surface area contributed by atoms with E-state index in [1.54, 1.807) is 0 Å². The van der Waals surface area contributed by atoms with Crippen LogP contribution < -0.4 is 0 Å². The zero-order chi connectivity index (χ0) is 37.1. The SMILES string of the molecule is CC1(C)c2cc(-c3ccc4cc(-c5c6ccccc6c(-c6ccccc6)c6ccccc56)ccc4c3)ccc2-c2c1ccc1c2ccc2c3ccccc3sc12. The Morgan fingerprint density at radius 1 is 0.339 bits per heavy atom. The lowest BCUT2D eigenvalue weighted by Crippen LogP contribution is -2.15. The molecular formula is C55H36S. The van der Waals surface area contributed by atoms with E-state index in [9.17, 15) is 0 Å². The number of fused-ring (bicyclic) bond motifs is 12. The summed E-state index contributed by atoms with van der Waals surface area (Å²) in [4.78, 5) is 0. The molecule has 11 aromatic rings. The minimum atomic E-state index is -0.0999. The van der Waals surface area contributed by atoms with E-state index in [1.807, 2.05) is 11.3 Å². The van der Waals surface area contributed by atoms with Crippen molar-refractivity contribution in [3.05, 3.63) is 193 Å². The number of hydrogen-bond acceptors (Lipinski definition) is 1. The van der Waals surface area contributed by atoms with Crippen LogP contribution in [0.15, 0.2) is 182 Å². The zero-order valence-corrected chi connectivity index (χ0v) is 32.0. The fraction of sp³-hybridized carbons (Fsp3) is 0.0545. The molecule has 0 atom stereocenters. The highest BCUT2D eigenvalue weighted by molar-refractivity contribution is 7.26. The van der Waals surface area contributed by atoms with E-state index < -0.39 is 0 Å². The fourth-order valence-electron chi connectivity index (χ4n) is 9.94. The molecule has 0 fully saturated rings. The van der Waals surface area contributed by atoms with E-state index in [-0.39, 0.29) is 5.41 Å². The molecule has 0 aliphatic heterocycles. The molecule has 0 nitrogen and oxygen atoms in total. The molecule has 262 valence electrons. The largest absolute Gasteiger partial charge is 0.135 e. The van der Waals surface area contributed by atoms with Crippen LogP contribution in [-0.4, -0.2) is 0 Å². The smallest absolute Gasteiger partial charge is 0.0434 e. The van der Waals surface area contributed by atoms with E-state index in [2.05, 4.69) is 196 Å². The first-order valence-electron chi connectivity index (χ1n) is 19.6. The van der Waals surface area contributed by atoms with Gasteiger partial charge in [-0.1, -0.05) is 172 Å². The van der Waals surface area contributed by atoms with Gasteiger partial charge in [0.05, 0.1) is 0 Å². The Morgan fingerprint density at radius 3 is 1.55 bits per heavy atom. The van der Waals surface area contributed by atoms with Crippen LogP contribution in [0.3, 0.4) is 0 Å². The second kappa shape index (κ2) is 11.7. The van der Waals surface area contributed by atoms with Crippen molar-refractivity contribution in [2.75, 3.05) is 0 Å². The van der Waals surface area contributed by atoms with Crippen molar-refractivity contribution in [1.29, 1.82) is 0 Å². The third-order valence-electron chi connectivity index (χ3n) is 12.6. The molecule has 0 unspecified atom stereocenters. The van der Waals surface area contributed by atoms with Crippen LogP contribution in [0.25, 0.3) is 108 Å². The molecule has 10 aromatic carbocycles. The summed E-state index contributed by atoms with van der Waals surface area (Å²) in [7, 11) is 0. The number of benzene rings is 10. The Balaban J connectivity index is 0.968. The van der Waals surface area contributed by atoms with Gasteiger partial charge in [0.2, 0.25) is 0 Å². The average Bonchev–Trinajstić information content (AvgIpc) is 3.74. The molecule has 1 heterocycles. The van der Waals surface area contributed by atoms with Crippen molar-refractivity contribution in [2.45, 2.75) is 19.3 Å². The van der Waals surface area contributed by atoms with Gasteiger partial charge in [-0.05, 0) is 118 Å². The van der Waals surface area contributed by atoms with E-state index in [4.69, 9.17) is 0 Å². The summed E-state index contributed by atoms with van der Waals surface area (Å²) < 4.78 is 2.74. The quantitative estimate of drug-likeness (QED) is 0.159. The molecule has 0 radical (unpaired) electrons. The first-order valence-corrected chi connectivity index (χ1v) is 20.4. The molecule has 0 spiro atoms. The third-order valence-corrected chi connectivity index (χ3v) is 13.9. The molecule has 1 heteroatoms. The minimum absolute atomic E-state index is 0.0999.